The predicted octanol–water partition coefficient (Wildman–Crippen LogP) is 2.24. The number of methoxy groups -OCH3 is 2. The second-order valence-corrected chi connectivity index (χ2v) is 8.98. The van der Waals surface area contributed by atoms with Crippen molar-refractivity contribution in [1.82, 2.24) is 10.2 Å². The van der Waals surface area contributed by atoms with E-state index in [1.54, 1.807) is 33.4 Å². The van der Waals surface area contributed by atoms with Crippen LogP contribution in [0.3, 0.4) is 0 Å². The van der Waals surface area contributed by atoms with Gasteiger partial charge >= 0.3 is 0 Å². The molecule has 1 N–H and O–H groups in total. The summed E-state index contributed by atoms with van der Waals surface area (Å²) in [6.07, 6.45) is 2.10. The van der Waals surface area contributed by atoms with Gasteiger partial charge in [-0.05, 0) is 47.4 Å². The first kappa shape index (κ1) is 21.0. The number of sulfone groups is 1. The molecule has 2 aromatic rings. The zero-order valence-electron chi connectivity index (χ0n) is 17.2. The molecule has 0 saturated carbocycles. The Bertz CT molecular complexity index is 1000. The van der Waals surface area contributed by atoms with Crippen molar-refractivity contribution in [3.8, 4) is 11.5 Å². The number of aliphatic imine (C=N–C) groups is 1. The van der Waals surface area contributed by atoms with Gasteiger partial charge in [0.15, 0.2) is 27.3 Å². The number of hydrogen-bond acceptors (Lipinski definition) is 5. The van der Waals surface area contributed by atoms with E-state index in [1.807, 2.05) is 24.3 Å². The largest absolute Gasteiger partial charge is 0.493 e. The third kappa shape index (κ3) is 4.82. The van der Waals surface area contributed by atoms with Gasteiger partial charge in [0.1, 0.15) is 0 Å². The second-order valence-electron chi connectivity index (χ2n) is 6.96. The van der Waals surface area contributed by atoms with Gasteiger partial charge in [0.05, 0.1) is 19.1 Å². The van der Waals surface area contributed by atoms with Crippen LogP contribution in [-0.4, -0.2) is 53.3 Å². The summed E-state index contributed by atoms with van der Waals surface area (Å²) in [6, 6.07) is 11.0. The number of ether oxygens (including phenoxy) is 2. The van der Waals surface area contributed by atoms with Crippen molar-refractivity contribution in [2.24, 2.45) is 4.99 Å². The Balaban J connectivity index is 1.69. The Kier molecular flexibility index (Phi) is 6.32. The van der Waals surface area contributed by atoms with Crippen LogP contribution < -0.4 is 14.8 Å². The van der Waals surface area contributed by atoms with Crippen LogP contribution in [0.5, 0.6) is 11.5 Å². The van der Waals surface area contributed by atoms with Crippen molar-refractivity contribution < 1.29 is 17.9 Å². The van der Waals surface area contributed by atoms with E-state index in [1.165, 1.54) is 17.4 Å². The van der Waals surface area contributed by atoms with Crippen LogP contribution in [0.1, 0.15) is 16.7 Å². The number of nitrogens with one attached hydrogen (secondary N) is 1. The average Bonchev–Trinajstić information content (AvgIpc) is 2.72. The Morgan fingerprint density at radius 3 is 2.28 bits per heavy atom. The van der Waals surface area contributed by atoms with E-state index in [9.17, 15) is 8.42 Å². The molecule has 1 aliphatic heterocycles. The molecule has 0 aliphatic carbocycles. The maximum Gasteiger partial charge on any atom is 0.194 e. The van der Waals surface area contributed by atoms with E-state index >= 15 is 0 Å². The molecule has 0 aromatic heterocycles. The first-order chi connectivity index (χ1) is 13.9. The number of rotatable bonds is 5. The lowest BCUT2D eigenvalue weighted by Crippen LogP contribution is -2.43. The van der Waals surface area contributed by atoms with Gasteiger partial charge in [-0.1, -0.05) is 12.1 Å². The molecule has 0 unspecified atom stereocenters. The van der Waals surface area contributed by atoms with Crippen LogP contribution in [-0.2, 0) is 29.3 Å². The standard InChI is InChI=1S/C21H27N3O4S/c1-22-21(23-13-15-5-7-18(8-6-15)29(4,25)26)24-10-9-16-11-19(27-2)20(28-3)12-17(16)14-24/h5-8,11-12H,9-10,13-14H2,1-4H3,(H,22,23). The monoisotopic (exact) mass is 417 g/mol. The van der Waals surface area contributed by atoms with Gasteiger partial charge in [0.2, 0.25) is 0 Å². The Hall–Kier alpha value is -2.74. The zero-order chi connectivity index (χ0) is 21.0. The highest BCUT2D eigenvalue weighted by Gasteiger charge is 2.21. The minimum atomic E-state index is -3.18. The summed E-state index contributed by atoms with van der Waals surface area (Å²) in [5.74, 6) is 2.28. The maximum absolute atomic E-state index is 11.6. The zero-order valence-corrected chi connectivity index (χ0v) is 18.0. The fourth-order valence-corrected chi connectivity index (χ4v) is 4.06. The minimum Gasteiger partial charge on any atom is -0.493 e. The lowest BCUT2D eigenvalue weighted by Gasteiger charge is -2.32. The molecule has 7 nitrogen and oxygen atoms in total. The molecule has 0 amide bonds. The Morgan fingerprint density at radius 2 is 1.72 bits per heavy atom. The highest BCUT2D eigenvalue weighted by molar-refractivity contribution is 7.90. The van der Waals surface area contributed by atoms with Crippen molar-refractivity contribution in [3.63, 3.8) is 0 Å². The topological polar surface area (TPSA) is 80.2 Å². The number of guanidine groups is 1. The molecule has 1 aliphatic rings. The minimum absolute atomic E-state index is 0.322. The quantitative estimate of drug-likeness (QED) is 0.594. The van der Waals surface area contributed by atoms with Crippen molar-refractivity contribution in [2.45, 2.75) is 24.4 Å². The van der Waals surface area contributed by atoms with Gasteiger partial charge in [-0.15, -0.1) is 0 Å². The predicted molar refractivity (Wildman–Crippen MR) is 113 cm³/mol. The van der Waals surface area contributed by atoms with Crippen LogP contribution >= 0.6 is 0 Å². The molecule has 0 spiro atoms. The Labute approximate surface area is 172 Å². The van der Waals surface area contributed by atoms with Crippen LogP contribution in [0.2, 0.25) is 0 Å². The fourth-order valence-electron chi connectivity index (χ4n) is 3.43. The number of benzene rings is 2. The summed E-state index contributed by atoms with van der Waals surface area (Å²) in [5.41, 5.74) is 3.43. The average molecular weight is 418 g/mol. The molecule has 0 fully saturated rings. The van der Waals surface area contributed by atoms with Crippen molar-refractivity contribution in [1.29, 1.82) is 0 Å². The highest BCUT2D eigenvalue weighted by atomic mass is 32.2. The van der Waals surface area contributed by atoms with Crippen molar-refractivity contribution in [3.05, 3.63) is 53.1 Å². The fraction of sp³-hybridized carbons (Fsp3) is 0.381. The summed E-state index contributed by atoms with van der Waals surface area (Å²) in [6.45, 7) is 2.13. The van der Waals surface area contributed by atoms with Crippen LogP contribution in [0.25, 0.3) is 0 Å². The number of fused-ring (bicyclic) bond motifs is 1. The maximum atomic E-state index is 11.6. The molecule has 2 aromatic carbocycles. The van der Waals surface area contributed by atoms with Crippen LogP contribution in [0, 0.1) is 0 Å². The highest BCUT2D eigenvalue weighted by Crippen LogP contribution is 2.33. The Morgan fingerprint density at radius 1 is 1.10 bits per heavy atom. The third-order valence-electron chi connectivity index (χ3n) is 5.03. The van der Waals surface area contributed by atoms with Crippen molar-refractivity contribution in [2.75, 3.05) is 34.1 Å². The molecule has 0 radical (unpaired) electrons. The SMILES string of the molecule is CN=C(NCc1ccc(S(C)(=O)=O)cc1)N1CCc2cc(OC)c(OC)cc2C1. The molecule has 1 heterocycles. The van der Waals surface area contributed by atoms with E-state index < -0.39 is 9.84 Å². The van der Waals surface area contributed by atoms with Crippen LogP contribution in [0.4, 0.5) is 0 Å². The van der Waals surface area contributed by atoms with E-state index in [0.29, 0.717) is 11.4 Å². The van der Waals surface area contributed by atoms with Gasteiger partial charge < -0.3 is 19.7 Å². The second kappa shape index (κ2) is 8.73. The smallest absolute Gasteiger partial charge is 0.194 e. The summed E-state index contributed by atoms with van der Waals surface area (Å²) in [5, 5.41) is 3.37. The van der Waals surface area contributed by atoms with Gasteiger partial charge in [0.25, 0.3) is 0 Å². The summed E-state index contributed by atoms with van der Waals surface area (Å²) in [7, 11) is 1.87. The van der Waals surface area contributed by atoms with Gasteiger partial charge in [0, 0.05) is 32.9 Å². The van der Waals surface area contributed by atoms with E-state index in [2.05, 4.69) is 15.2 Å². The molecule has 8 heteroatoms. The van der Waals surface area contributed by atoms with Crippen LogP contribution in [0.15, 0.2) is 46.3 Å². The third-order valence-corrected chi connectivity index (χ3v) is 6.16. The number of hydrogen-bond donors (Lipinski definition) is 1. The van der Waals surface area contributed by atoms with E-state index in [0.717, 1.165) is 42.5 Å². The van der Waals surface area contributed by atoms with Gasteiger partial charge in [-0.3, -0.25) is 4.99 Å². The molecule has 156 valence electrons. The van der Waals surface area contributed by atoms with Gasteiger partial charge in [-0.2, -0.15) is 0 Å². The van der Waals surface area contributed by atoms with Gasteiger partial charge in [-0.25, -0.2) is 8.42 Å². The normalized spacial score (nSPS) is 14.3. The molecular formula is C21H27N3O4S. The molecule has 0 saturated heterocycles. The first-order valence-electron chi connectivity index (χ1n) is 9.34. The van der Waals surface area contributed by atoms with Crippen molar-refractivity contribution >= 4 is 15.8 Å². The molecule has 3 rings (SSSR count). The molecule has 0 atom stereocenters. The summed E-state index contributed by atoms with van der Waals surface area (Å²) >= 11 is 0. The first-order valence-corrected chi connectivity index (χ1v) is 11.2. The number of nitrogens with zero attached hydrogens (tertiary/aromatic N) is 2. The summed E-state index contributed by atoms with van der Waals surface area (Å²) in [4.78, 5) is 6.93. The van der Waals surface area contributed by atoms with E-state index in [4.69, 9.17) is 9.47 Å². The van der Waals surface area contributed by atoms with E-state index in [-0.39, 0.29) is 0 Å². The molecular weight excluding hydrogens is 390 g/mol. The molecule has 0 bridgehead atoms. The molecule has 29 heavy (non-hydrogen) atoms. The lowest BCUT2D eigenvalue weighted by molar-refractivity contribution is 0.346. The lowest BCUT2D eigenvalue weighted by atomic mass is 9.99. The summed E-state index contributed by atoms with van der Waals surface area (Å²) < 4.78 is 34.0.